The Morgan fingerprint density at radius 3 is 3.00 bits per heavy atom. The molecule has 0 amide bonds. The van der Waals surface area contributed by atoms with Gasteiger partial charge in [0.2, 0.25) is 0 Å². The molecule has 2 aromatic rings. The number of ether oxygens (including phenoxy) is 1. The van der Waals surface area contributed by atoms with Crippen LogP contribution in [-0.4, -0.2) is 18.3 Å². The smallest absolute Gasteiger partial charge is 0.138 e. The van der Waals surface area contributed by atoms with Gasteiger partial charge in [-0.25, -0.2) is 0 Å². The topological polar surface area (TPSA) is 42.6 Å². The molecule has 0 saturated carbocycles. The van der Waals surface area contributed by atoms with Crippen LogP contribution in [0.5, 0.6) is 0 Å². The Kier molecular flexibility index (Phi) is 3.11. The summed E-state index contributed by atoms with van der Waals surface area (Å²) in [5.41, 5.74) is 5.84. The SMILES string of the molecule is COCc1coc2c3c(c(C)cc12)CCC(O)C3C. The average molecular weight is 260 g/mol. The van der Waals surface area contributed by atoms with Gasteiger partial charge in [-0.2, -0.15) is 0 Å². The van der Waals surface area contributed by atoms with E-state index in [9.17, 15) is 5.11 Å². The van der Waals surface area contributed by atoms with E-state index in [4.69, 9.17) is 9.15 Å². The molecule has 1 aromatic heterocycles. The predicted octanol–water partition coefficient (Wildman–Crippen LogP) is 3.30. The number of methoxy groups -OCH3 is 1. The highest BCUT2D eigenvalue weighted by Crippen LogP contribution is 2.40. The van der Waals surface area contributed by atoms with Crippen LogP contribution in [0.2, 0.25) is 0 Å². The second-order valence-corrected chi connectivity index (χ2v) is 5.55. The molecule has 0 aliphatic heterocycles. The molecule has 0 fully saturated rings. The third-order valence-corrected chi connectivity index (χ3v) is 4.34. The lowest BCUT2D eigenvalue weighted by Crippen LogP contribution is -2.23. The molecule has 0 spiro atoms. The number of fused-ring (bicyclic) bond motifs is 3. The lowest BCUT2D eigenvalue weighted by Gasteiger charge is -2.28. The molecule has 19 heavy (non-hydrogen) atoms. The summed E-state index contributed by atoms with van der Waals surface area (Å²) in [6, 6.07) is 2.19. The molecular formula is C16H20O3. The first-order valence-corrected chi connectivity index (χ1v) is 6.83. The zero-order chi connectivity index (χ0) is 13.6. The molecule has 1 N–H and O–H groups in total. The molecular weight excluding hydrogens is 240 g/mol. The minimum atomic E-state index is -0.270. The van der Waals surface area contributed by atoms with Gasteiger partial charge in [0.1, 0.15) is 5.58 Å². The van der Waals surface area contributed by atoms with Crippen molar-refractivity contribution in [2.45, 2.75) is 45.3 Å². The van der Waals surface area contributed by atoms with Gasteiger partial charge in [-0.3, -0.25) is 0 Å². The van der Waals surface area contributed by atoms with Gasteiger partial charge in [0.25, 0.3) is 0 Å². The van der Waals surface area contributed by atoms with Crippen LogP contribution in [0.25, 0.3) is 11.0 Å². The van der Waals surface area contributed by atoms with Crippen molar-refractivity contribution in [3.63, 3.8) is 0 Å². The van der Waals surface area contributed by atoms with Crippen molar-refractivity contribution >= 4 is 11.0 Å². The highest BCUT2D eigenvalue weighted by atomic mass is 16.5. The van der Waals surface area contributed by atoms with Gasteiger partial charge < -0.3 is 14.3 Å². The summed E-state index contributed by atoms with van der Waals surface area (Å²) in [4.78, 5) is 0. The number of benzene rings is 1. The number of aryl methyl sites for hydroxylation is 1. The minimum absolute atomic E-state index is 0.132. The number of hydrogen-bond acceptors (Lipinski definition) is 3. The van der Waals surface area contributed by atoms with Crippen LogP contribution in [-0.2, 0) is 17.8 Å². The first kappa shape index (κ1) is 12.7. The van der Waals surface area contributed by atoms with Gasteiger partial charge in [0.15, 0.2) is 0 Å². The van der Waals surface area contributed by atoms with E-state index >= 15 is 0 Å². The lowest BCUT2D eigenvalue weighted by atomic mass is 9.79. The van der Waals surface area contributed by atoms with Crippen LogP contribution in [0.4, 0.5) is 0 Å². The standard InChI is InChI=1S/C16H20O3/c1-9-6-13-11(7-18-3)8-19-16(13)15-10(2)14(17)5-4-12(9)15/h6,8,10,14,17H,4-5,7H2,1-3H3. The predicted molar refractivity (Wildman–Crippen MR) is 74.4 cm³/mol. The third-order valence-electron chi connectivity index (χ3n) is 4.34. The fraction of sp³-hybridized carbons (Fsp3) is 0.500. The lowest BCUT2D eigenvalue weighted by molar-refractivity contribution is 0.132. The van der Waals surface area contributed by atoms with Crippen molar-refractivity contribution in [1.29, 1.82) is 0 Å². The van der Waals surface area contributed by atoms with Gasteiger partial charge in [0, 0.05) is 29.5 Å². The number of aliphatic hydroxyl groups is 1. The second kappa shape index (κ2) is 4.66. The maximum Gasteiger partial charge on any atom is 0.138 e. The number of furan rings is 1. The van der Waals surface area contributed by atoms with E-state index in [-0.39, 0.29) is 12.0 Å². The van der Waals surface area contributed by atoms with E-state index < -0.39 is 0 Å². The normalized spacial score (nSPS) is 22.7. The Labute approximate surface area is 113 Å². The Balaban J connectivity index is 2.26. The van der Waals surface area contributed by atoms with Crippen molar-refractivity contribution in [1.82, 2.24) is 0 Å². The first-order valence-electron chi connectivity index (χ1n) is 6.83. The van der Waals surface area contributed by atoms with Crippen LogP contribution in [0.1, 0.15) is 41.5 Å². The number of aliphatic hydroxyl groups excluding tert-OH is 1. The van der Waals surface area contributed by atoms with E-state index in [0.717, 1.165) is 29.4 Å². The molecule has 1 aliphatic carbocycles. The molecule has 1 aromatic carbocycles. The van der Waals surface area contributed by atoms with Gasteiger partial charge in [-0.1, -0.05) is 6.92 Å². The van der Waals surface area contributed by atoms with Crippen LogP contribution < -0.4 is 0 Å². The fourth-order valence-electron chi connectivity index (χ4n) is 3.24. The van der Waals surface area contributed by atoms with Crippen molar-refractivity contribution < 1.29 is 14.3 Å². The summed E-state index contributed by atoms with van der Waals surface area (Å²) in [5.74, 6) is 0.132. The quantitative estimate of drug-likeness (QED) is 0.901. The molecule has 2 unspecified atom stereocenters. The Bertz CT molecular complexity index is 612. The summed E-state index contributed by atoms with van der Waals surface area (Å²) < 4.78 is 11.0. The van der Waals surface area contributed by atoms with E-state index in [1.165, 1.54) is 16.7 Å². The zero-order valence-electron chi connectivity index (χ0n) is 11.7. The molecule has 0 bridgehead atoms. The Morgan fingerprint density at radius 2 is 2.26 bits per heavy atom. The summed E-state index contributed by atoms with van der Waals surface area (Å²) in [6.45, 7) is 4.79. The molecule has 0 radical (unpaired) electrons. The van der Waals surface area contributed by atoms with E-state index in [0.29, 0.717) is 6.61 Å². The fourth-order valence-corrected chi connectivity index (χ4v) is 3.24. The maximum absolute atomic E-state index is 10.1. The van der Waals surface area contributed by atoms with E-state index in [1.54, 1.807) is 13.4 Å². The van der Waals surface area contributed by atoms with Crippen molar-refractivity contribution in [2.75, 3.05) is 7.11 Å². The Morgan fingerprint density at radius 1 is 1.47 bits per heavy atom. The molecule has 0 saturated heterocycles. The van der Waals surface area contributed by atoms with Crippen LogP contribution in [0.15, 0.2) is 16.7 Å². The van der Waals surface area contributed by atoms with Crippen LogP contribution >= 0.6 is 0 Å². The van der Waals surface area contributed by atoms with Gasteiger partial charge in [0.05, 0.1) is 19.0 Å². The molecule has 1 aliphatic rings. The van der Waals surface area contributed by atoms with Crippen LogP contribution in [0, 0.1) is 6.92 Å². The number of hydrogen-bond donors (Lipinski definition) is 1. The molecule has 102 valence electrons. The molecule has 3 heteroatoms. The highest BCUT2D eigenvalue weighted by Gasteiger charge is 2.29. The van der Waals surface area contributed by atoms with Gasteiger partial charge in [-0.05, 0) is 37.0 Å². The van der Waals surface area contributed by atoms with E-state index in [2.05, 4.69) is 19.9 Å². The largest absolute Gasteiger partial charge is 0.464 e. The van der Waals surface area contributed by atoms with Gasteiger partial charge >= 0.3 is 0 Å². The van der Waals surface area contributed by atoms with Crippen molar-refractivity contribution in [3.8, 4) is 0 Å². The van der Waals surface area contributed by atoms with Gasteiger partial charge in [-0.15, -0.1) is 0 Å². The van der Waals surface area contributed by atoms with Crippen molar-refractivity contribution in [3.05, 3.63) is 34.6 Å². The monoisotopic (exact) mass is 260 g/mol. The summed E-state index contributed by atoms with van der Waals surface area (Å²) in [5, 5.41) is 11.2. The average Bonchev–Trinajstić information content (AvgIpc) is 2.77. The van der Waals surface area contributed by atoms with Crippen molar-refractivity contribution in [2.24, 2.45) is 0 Å². The highest BCUT2D eigenvalue weighted by molar-refractivity contribution is 5.86. The summed E-state index contributed by atoms with van der Waals surface area (Å²) in [7, 11) is 1.69. The number of rotatable bonds is 2. The summed E-state index contributed by atoms with van der Waals surface area (Å²) in [6.07, 6.45) is 3.28. The molecule has 3 rings (SSSR count). The zero-order valence-corrected chi connectivity index (χ0v) is 11.7. The molecule has 1 heterocycles. The van der Waals surface area contributed by atoms with Crippen LogP contribution in [0.3, 0.4) is 0 Å². The Hall–Kier alpha value is -1.32. The third kappa shape index (κ3) is 1.88. The molecule has 2 atom stereocenters. The first-order chi connectivity index (χ1) is 9.13. The second-order valence-electron chi connectivity index (χ2n) is 5.55. The van der Waals surface area contributed by atoms with E-state index in [1.807, 2.05) is 0 Å². The maximum atomic E-state index is 10.1. The minimum Gasteiger partial charge on any atom is -0.464 e. The molecule has 3 nitrogen and oxygen atoms in total. The summed E-state index contributed by atoms with van der Waals surface area (Å²) >= 11 is 0.